The van der Waals surface area contributed by atoms with Gasteiger partial charge in [-0.05, 0) is 24.1 Å². The van der Waals surface area contributed by atoms with Crippen LogP contribution in [0.5, 0.6) is 0 Å². The van der Waals surface area contributed by atoms with Crippen LogP contribution < -0.4 is 5.32 Å². The lowest BCUT2D eigenvalue weighted by molar-refractivity contribution is -0.134. The summed E-state index contributed by atoms with van der Waals surface area (Å²) in [4.78, 5) is 36.9. The quantitative estimate of drug-likeness (QED) is 0.631. The maximum Gasteiger partial charge on any atom is 0.234 e. The Morgan fingerprint density at radius 3 is 2.84 bits per heavy atom. The van der Waals surface area contributed by atoms with Crippen molar-refractivity contribution in [3.05, 3.63) is 35.5 Å². The highest BCUT2D eigenvalue weighted by molar-refractivity contribution is 6.03. The molecule has 1 aromatic heterocycles. The van der Waals surface area contributed by atoms with Crippen molar-refractivity contribution in [1.82, 2.24) is 10.3 Å². The number of benzene rings is 1. The number of H-pyrrole nitrogens is 1. The van der Waals surface area contributed by atoms with Crippen molar-refractivity contribution in [3.63, 3.8) is 0 Å². The molecule has 0 aliphatic carbocycles. The van der Waals surface area contributed by atoms with Crippen LogP contribution >= 0.6 is 0 Å². The van der Waals surface area contributed by atoms with E-state index in [0.29, 0.717) is 18.5 Å². The number of aldehydes is 1. The van der Waals surface area contributed by atoms with Crippen molar-refractivity contribution in [2.45, 2.75) is 18.8 Å². The molecule has 5 heteroatoms. The van der Waals surface area contributed by atoms with Crippen molar-refractivity contribution in [1.29, 1.82) is 0 Å². The predicted molar refractivity (Wildman–Crippen MR) is 68.8 cm³/mol. The van der Waals surface area contributed by atoms with E-state index in [1.807, 2.05) is 18.2 Å². The van der Waals surface area contributed by atoms with Gasteiger partial charge in [0.15, 0.2) is 6.29 Å². The fourth-order valence-corrected chi connectivity index (χ4v) is 2.56. The topological polar surface area (TPSA) is 79.0 Å². The predicted octanol–water partition coefficient (Wildman–Crippen LogP) is 1.50. The Kier molecular flexibility index (Phi) is 2.67. The highest BCUT2D eigenvalue weighted by Gasteiger charge is 2.29. The van der Waals surface area contributed by atoms with Gasteiger partial charge in [0.2, 0.25) is 11.8 Å². The highest BCUT2D eigenvalue weighted by atomic mass is 16.2. The number of nitrogens with one attached hydrogen (secondary N) is 2. The molecular formula is C14H12N2O3. The van der Waals surface area contributed by atoms with Crippen LogP contribution in [0.1, 0.15) is 34.8 Å². The fourth-order valence-electron chi connectivity index (χ4n) is 2.56. The van der Waals surface area contributed by atoms with Crippen molar-refractivity contribution in [2.24, 2.45) is 0 Å². The molecule has 1 aromatic carbocycles. The van der Waals surface area contributed by atoms with Gasteiger partial charge < -0.3 is 4.98 Å². The second-order valence-corrected chi connectivity index (χ2v) is 4.65. The molecule has 19 heavy (non-hydrogen) atoms. The second kappa shape index (κ2) is 4.35. The Morgan fingerprint density at radius 2 is 2.11 bits per heavy atom. The number of carbonyl (C=O) groups excluding carboxylic acids is 3. The summed E-state index contributed by atoms with van der Waals surface area (Å²) in [5.41, 5.74) is 2.16. The first-order valence-electron chi connectivity index (χ1n) is 6.09. The molecular weight excluding hydrogens is 244 g/mol. The van der Waals surface area contributed by atoms with Crippen molar-refractivity contribution < 1.29 is 14.4 Å². The largest absolute Gasteiger partial charge is 0.352 e. The molecule has 0 spiro atoms. The lowest BCUT2D eigenvalue weighted by Gasteiger charge is -2.21. The summed E-state index contributed by atoms with van der Waals surface area (Å²) in [5, 5.41) is 3.22. The summed E-state index contributed by atoms with van der Waals surface area (Å²) in [6, 6.07) is 7.30. The first-order chi connectivity index (χ1) is 9.19. The van der Waals surface area contributed by atoms with Gasteiger partial charge in [-0.15, -0.1) is 0 Å². The Labute approximate surface area is 109 Å². The number of aromatic amines is 1. The van der Waals surface area contributed by atoms with Crippen molar-refractivity contribution in [3.8, 4) is 0 Å². The van der Waals surface area contributed by atoms with Gasteiger partial charge in [-0.3, -0.25) is 19.7 Å². The molecule has 2 aromatic rings. The number of aromatic nitrogens is 1. The third-order valence-corrected chi connectivity index (χ3v) is 3.46. The van der Waals surface area contributed by atoms with E-state index in [2.05, 4.69) is 10.3 Å². The molecule has 2 N–H and O–H groups in total. The zero-order valence-electron chi connectivity index (χ0n) is 10.1. The van der Waals surface area contributed by atoms with Crippen molar-refractivity contribution >= 4 is 29.0 Å². The number of hydrogen-bond donors (Lipinski definition) is 2. The van der Waals surface area contributed by atoms with Crippen LogP contribution in [0.4, 0.5) is 0 Å². The lowest BCUT2D eigenvalue weighted by Crippen LogP contribution is -2.39. The molecule has 5 nitrogen and oxygen atoms in total. The number of rotatable bonds is 2. The molecule has 1 fully saturated rings. The van der Waals surface area contributed by atoms with Gasteiger partial charge in [0.1, 0.15) is 0 Å². The smallest absolute Gasteiger partial charge is 0.234 e. The minimum atomic E-state index is -0.336. The summed E-state index contributed by atoms with van der Waals surface area (Å²) in [7, 11) is 0. The molecule has 0 radical (unpaired) electrons. The average molecular weight is 256 g/mol. The molecule has 1 unspecified atom stereocenters. The standard InChI is InChI=1S/C14H12N2O3/c17-7-8-6-11-9(2-1-3-12(11)15-8)10-4-5-13(18)16-14(10)19/h1-3,6-7,10,15H,4-5H2,(H,16,18,19). The van der Waals surface area contributed by atoms with E-state index in [4.69, 9.17) is 0 Å². The maximum atomic E-state index is 11.9. The average Bonchev–Trinajstić information content (AvgIpc) is 2.82. The Morgan fingerprint density at radius 1 is 1.26 bits per heavy atom. The van der Waals surface area contributed by atoms with E-state index >= 15 is 0 Å². The minimum absolute atomic E-state index is 0.226. The molecule has 0 saturated carbocycles. The number of amides is 2. The summed E-state index contributed by atoms with van der Waals surface area (Å²) < 4.78 is 0. The molecule has 0 bridgehead atoms. The van der Waals surface area contributed by atoms with Gasteiger partial charge in [-0.1, -0.05) is 12.1 Å². The third-order valence-electron chi connectivity index (χ3n) is 3.46. The monoisotopic (exact) mass is 256 g/mol. The van der Waals surface area contributed by atoms with E-state index < -0.39 is 0 Å². The summed E-state index contributed by atoms with van der Waals surface area (Å²) in [6.07, 6.45) is 1.59. The zero-order chi connectivity index (χ0) is 13.4. The summed E-state index contributed by atoms with van der Waals surface area (Å²) in [6.45, 7) is 0. The molecule has 1 aliphatic rings. The second-order valence-electron chi connectivity index (χ2n) is 4.65. The zero-order valence-corrected chi connectivity index (χ0v) is 10.1. The molecule has 3 rings (SSSR count). The van der Waals surface area contributed by atoms with Gasteiger partial charge >= 0.3 is 0 Å². The lowest BCUT2D eigenvalue weighted by atomic mass is 9.88. The Balaban J connectivity index is 2.09. The Hall–Kier alpha value is -2.43. The van der Waals surface area contributed by atoms with Crippen LogP contribution in [0.2, 0.25) is 0 Å². The van der Waals surface area contributed by atoms with Crippen LogP contribution in [0.15, 0.2) is 24.3 Å². The highest BCUT2D eigenvalue weighted by Crippen LogP contribution is 2.31. The molecule has 1 aliphatic heterocycles. The first-order valence-corrected chi connectivity index (χ1v) is 6.09. The van der Waals surface area contributed by atoms with Crippen LogP contribution in [-0.4, -0.2) is 23.1 Å². The summed E-state index contributed by atoms with van der Waals surface area (Å²) >= 11 is 0. The van der Waals surface area contributed by atoms with E-state index in [1.165, 1.54) is 0 Å². The number of hydrogen-bond acceptors (Lipinski definition) is 3. The molecule has 2 amide bonds. The van der Waals surface area contributed by atoms with Gasteiger partial charge in [-0.25, -0.2) is 0 Å². The van der Waals surface area contributed by atoms with Gasteiger partial charge in [0.25, 0.3) is 0 Å². The van der Waals surface area contributed by atoms with E-state index in [-0.39, 0.29) is 17.7 Å². The number of fused-ring (bicyclic) bond motifs is 1. The van der Waals surface area contributed by atoms with E-state index in [1.54, 1.807) is 6.07 Å². The Bertz CT molecular complexity index is 687. The molecule has 1 atom stereocenters. The number of carbonyl (C=O) groups is 3. The molecule has 2 heterocycles. The van der Waals surface area contributed by atoms with Crippen molar-refractivity contribution in [2.75, 3.05) is 0 Å². The minimum Gasteiger partial charge on any atom is -0.352 e. The van der Waals surface area contributed by atoms with E-state index in [9.17, 15) is 14.4 Å². The summed E-state index contributed by atoms with van der Waals surface area (Å²) in [5.74, 6) is -0.828. The third kappa shape index (κ3) is 1.93. The SMILES string of the molecule is O=Cc1cc2c(C3CCC(=O)NC3=O)cccc2[nH]1. The normalized spacial score (nSPS) is 19.5. The van der Waals surface area contributed by atoms with Gasteiger partial charge in [0.05, 0.1) is 11.6 Å². The number of imide groups is 1. The molecule has 1 saturated heterocycles. The van der Waals surface area contributed by atoms with Crippen LogP contribution in [-0.2, 0) is 9.59 Å². The molecule has 96 valence electrons. The van der Waals surface area contributed by atoms with Crippen LogP contribution in [0, 0.1) is 0 Å². The van der Waals surface area contributed by atoms with Crippen LogP contribution in [0.3, 0.4) is 0 Å². The van der Waals surface area contributed by atoms with E-state index in [0.717, 1.165) is 22.8 Å². The first kappa shape index (κ1) is 11.6. The van der Waals surface area contributed by atoms with Gasteiger partial charge in [-0.2, -0.15) is 0 Å². The fraction of sp³-hybridized carbons (Fsp3) is 0.214. The number of piperidine rings is 1. The van der Waals surface area contributed by atoms with Gasteiger partial charge in [0, 0.05) is 17.3 Å². The maximum absolute atomic E-state index is 11.9. The van der Waals surface area contributed by atoms with Crippen LogP contribution in [0.25, 0.3) is 10.9 Å².